The minimum atomic E-state index is -1.16. The molecule has 9 heavy (non-hydrogen) atoms. The molecular weight excluding hydrogens is 140 g/mol. The molecule has 0 aromatic carbocycles. The third kappa shape index (κ3) is 4.28. The minimum Gasteiger partial charge on any atom is -0.549 e. The molecule has 0 amide bonds. The highest BCUT2D eigenvalue weighted by molar-refractivity contribution is 6.29. The van der Waals surface area contributed by atoms with Gasteiger partial charge in [-0.1, -0.05) is 19.8 Å². The van der Waals surface area contributed by atoms with Gasteiger partial charge in [-0.2, -0.15) is 0 Å². The van der Waals surface area contributed by atoms with Crippen molar-refractivity contribution in [3.63, 3.8) is 0 Å². The fourth-order valence-corrected chi connectivity index (χ4v) is 0.655. The molecule has 54 valence electrons. The molecule has 0 aliphatic heterocycles. The highest BCUT2D eigenvalue weighted by Crippen LogP contribution is 2.05. The predicted molar refractivity (Wildman–Crippen MR) is 34.2 cm³/mol. The maximum Gasteiger partial charge on any atom is 0.0730 e. The van der Waals surface area contributed by atoms with E-state index in [0.717, 1.165) is 12.8 Å². The third-order valence-corrected chi connectivity index (χ3v) is 1.46. The van der Waals surface area contributed by atoms with E-state index in [9.17, 15) is 9.90 Å². The van der Waals surface area contributed by atoms with Gasteiger partial charge >= 0.3 is 0 Å². The molecule has 0 aliphatic carbocycles. The highest BCUT2D eigenvalue weighted by Gasteiger charge is 2.02. The zero-order valence-corrected chi connectivity index (χ0v) is 6.15. The molecule has 0 bridgehead atoms. The fraction of sp³-hybridized carbons (Fsp3) is 0.833. The summed E-state index contributed by atoms with van der Waals surface area (Å²) in [5.74, 6) is -1.16. The number of hydrogen-bond acceptors (Lipinski definition) is 2. The molecule has 0 saturated heterocycles. The molecule has 3 heteroatoms. The van der Waals surface area contributed by atoms with Gasteiger partial charge in [0.05, 0.1) is 11.3 Å². The van der Waals surface area contributed by atoms with E-state index in [4.69, 9.17) is 11.6 Å². The third-order valence-electron chi connectivity index (χ3n) is 1.07. The van der Waals surface area contributed by atoms with E-state index in [0.29, 0.717) is 6.42 Å². The monoisotopic (exact) mass is 149 g/mol. The lowest BCUT2D eigenvalue weighted by Gasteiger charge is -2.07. The summed E-state index contributed by atoms with van der Waals surface area (Å²) in [5.41, 5.74) is 0. The molecule has 0 saturated carbocycles. The average molecular weight is 150 g/mol. The van der Waals surface area contributed by atoms with Gasteiger partial charge < -0.3 is 9.90 Å². The van der Waals surface area contributed by atoms with Crippen molar-refractivity contribution in [2.75, 3.05) is 0 Å². The van der Waals surface area contributed by atoms with Gasteiger partial charge in [-0.15, -0.1) is 11.6 Å². The van der Waals surface area contributed by atoms with Crippen LogP contribution in [0.1, 0.15) is 26.2 Å². The van der Waals surface area contributed by atoms with Crippen LogP contribution in [0.4, 0.5) is 0 Å². The van der Waals surface area contributed by atoms with Crippen molar-refractivity contribution in [1.29, 1.82) is 0 Å². The number of aliphatic carboxylic acids is 1. The van der Waals surface area contributed by atoms with Crippen LogP contribution < -0.4 is 5.11 Å². The molecule has 0 radical (unpaired) electrons. The van der Waals surface area contributed by atoms with Gasteiger partial charge in [0.25, 0.3) is 0 Å². The van der Waals surface area contributed by atoms with Crippen molar-refractivity contribution in [3.8, 4) is 0 Å². The summed E-state index contributed by atoms with van der Waals surface area (Å²) in [7, 11) is 0. The molecule has 0 aliphatic rings. The first-order chi connectivity index (χ1) is 4.18. The molecular formula is C6H10ClO2-. The first kappa shape index (κ1) is 8.76. The molecule has 1 unspecified atom stereocenters. The lowest BCUT2D eigenvalue weighted by molar-refractivity contribution is -0.305. The van der Waals surface area contributed by atoms with Gasteiger partial charge in [-0.05, 0) is 6.42 Å². The molecule has 0 fully saturated rings. The van der Waals surface area contributed by atoms with Crippen LogP contribution in [0.3, 0.4) is 0 Å². The lowest BCUT2D eigenvalue weighted by Crippen LogP contribution is -2.31. The Morgan fingerprint density at radius 3 is 2.67 bits per heavy atom. The van der Waals surface area contributed by atoms with Crippen molar-refractivity contribution in [2.45, 2.75) is 31.6 Å². The van der Waals surface area contributed by atoms with Gasteiger partial charge in [-0.25, -0.2) is 0 Å². The van der Waals surface area contributed by atoms with Crippen molar-refractivity contribution in [2.24, 2.45) is 0 Å². The van der Waals surface area contributed by atoms with Gasteiger partial charge in [0.1, 0.15) is 0 Å². The second kappa shape index (κ2) is 4.62. The highest BCUT2D eigenvalue weighted by atomic mass is 35.5. The Bertz CT molecular complexity index is 93.1. The summed E-state index contributed by atoms with van der Waals surface area (Å²) in [5, 5.41) is 9.16. The quantitative estimate of drug-likeness (QED) is 0.548. The number of halogens is 1. The summed E-state index contributed by atoms with van der Waals surface area (Å²) in [6.07, 6.45) is 2.33. The van der Waals surface area contributed by atoms with Crippen LogP contribution >= 0.6 is 11.6 Å². The van der Waals surface area contributed by atoms with E-state index >= 15 is 0 Å². The van der Waals surface area contributed by atoms with Gasteiger partial charge in [0, 0.05) is 0 Å². The standard InChI is InChI=1S/C6H11ClO2/c1-2-3-4-5(7)6(8)9/h5H,2-4H2,1H3,(H,8,9)/p-1. The van der Waals surface area contributed by atoms with Gasteiger partial charge in [0.2, 0.25) is 0 Å². The Morgan fingerprint density at radius 1 is 1.78 bits per heavy atom. The second-order valence-electron chi connectivity index (χ2n) is 1.93. The normalized spacial score (nSPS) is 13.1. The Morgan fingerprint density at radius 2 is 2.33 bits per heavy atom. The molecule has 0 rings (SSSR count). The van der Waals surface area contributed by atoms with Crippen molar-refractivity contribution < 1.29 is 9.90 Å². The first-order valence-electron chi connectivity index (χ1n) is 3.03. The summed E-state index contributed by atoms with van der Waals surface area (Å²) >= 11 is 5.33. The number of carboxylic acid groups (broad SMARTS) is 1. The summed E-state index contributed by atoms with van der Waals surface area (Å²) in [4.78, 5) is 9.96. The van der Waals surface area contributed by atoms with E-state index in [-0.39, 0.29) is 0 Å². The number of carbonyl (C=O) groups is 1. The van der Waals surface area contributed by atoms with E-state index in [1.54, 1.807) is 0 Å². The maximum absolute atomic E-state index is 9.96. The van der Waals surface area contributed by atoms with E-state index < -0.39 is 11.3 Å². The molecule has 0 heterocycles. The van der Waals surface area contributed by atoms with Crippen LogP contribution in [0.15, 0.2) is 0 Å². The molecule has 2 nitrogen and oxygen atoms in total. The van der Waals surface area contributed by atoms with Crippen LogP contribution in [-0.2, 0) is 4.79 Å². The second-order valence-corrected chi connectivity index (χ2v) is 2.46. The van der Waals surface area contributed by atoms with E-state index in [1.165, 1.54) is 0 Å². The number of alkyl halides is 1. The average Bonchev–Trinajstić information content (AvgIpc) is 1.82. The number of unbranched alkanes of at least 4 members (excludes halogenated alkanes) is 1. The van der Waals surface area contributed by atoms with E-state index in [2.05, 4.69) is 0 Å². The topological polar surface area (TPSA) is 40.1 Å². The molecule has 0 aromatic rings. The van der Waals surface area contributed by atoms with Crippen molar-refractivity contribution >= 4 is 17.6 Å². The van der Waals surface area contributed by atoms with Crippen molar-refractivity contribution in [1.82, 2.24) is 0 Å². The molecule has 0 N–H and O–H groups in total. The minimum absolute atomic E-state index is 0.514. The largest absolute Gasteiger partial charge is 0.549 e. The maximum atomic E-state index is 9.96. The van der Waals surface area contributed by atoms with Crippen LogP contribution in [0, 0.1) is 0 Å². The van der Waals surface area contributed by atoms with Crippen LogP contribution in [-0.4, -0.2) is 11.3 Å². The molecule has 1 atom stereocenters. The zero-order valence-electron chi connectivity index (χ0n) is 5.39. The number of rotatable bonds is 4. The van der Waals surface area contributed by atoms with Crippen LogP contribution in [0.5, 0.6) is 0 Å². The SMILES string of the molecule is CCCCC(Cl)C(=O)[O-]. The number of carboxylic acids is 1. The van der Waals surface area contributed by atoms with E-state index in [1.807, 2.05) is 6.92 Å². The van der Waals surface area contributed by atoms with Crippen LogP contribution in [0.25, 0.3) is 0 Å². The Hall–Kier alpha value is -0.240. The van der Waals surface area contributed by atoms with Crippen LogP contribution in [0.2, 0.25) is 0 Å². The lowest BCUT2D eigenvalue weighted by atomic mass is 10.2. The Labute approximate surface area is 59.8 Å². The van der Waals surface area contributed by atoms with Crippen molar-refractivity contribution in [3.05, 3.63) is 0 Å². The summed E-state index contributed by atoms with van der Waals surface area (Å²) < 4.78 is 0. The fourth-order valence-electron chi connectivity index (χ4n) is 0.501. The number of hydrogen-bond donors (Lipinski definition) is 0. The van der Waals surface area contributed by atoms with Gasteiger partial charge in [-0.3, -0.25) is 0 Å². The Kier molecular flexibility index (Phi) is 4.50. The molecule has 0 spiro atoms. The summed E-state index contributed by atoms with van der Waals surface area (Å²) in [6, 6.07) is 0. The van der Waals surface area contributed by atoms with Gasteiger partial charge in [0.15, 0.2) is 0 Å². The first-order valence-corrected chi connectivity index (χ1v) is 3.47. The summed E-state index contributed by atoms with van der Waals surface area (Å²) in [6.45, 7) is 1.99. The zero-order chi connectivity index (χ0) is 7.28. The molecule has 0 aromatic heterocycles. The number of carbonyl (C=O) groups excluding carboxylic acids is 1. The predicted octanol–water partition coefficient (Wildman–Crippen LogP) is 0.534. The Balaban J connectivity index is 3.27. The smallest absolute Gasteiger partial charge is 0.0730 e.